The lowest BCUT2D eigenvalue weighted by Gasteiger charge is -2.51. The summed E-state index contributed by atoms with van der Waals surface area (Å²) in [5, 5.41) is 31.8. The first kappa shape index (κ1) is 38.5. The van der Waals surface area contributed by atoms with Gasteiger partial charge in [0.2, 0.25) is 11.7 Å². The molecule has 3 fully saturated rings. The minimum atomic E-state index is -3.28. The highest BCUT2D eigenvalue weighted by Gasteiger charge is 2.61. The third-order valence-corrected chi connectivity index (χ3v) is 9.20. The number of hydrogen-bond donors (Lipinski definition) is 0. The quantitative estimate of drug-likeness (QED) is 0.122. The molecule has 1 amide bonds. The van der Waals surface area contributed by atoms with Crippen molar-refractivity contribution in [2.45, 2.75) is 30.6 Å². The van der Waals surface area contributed by atoms with Gasteiger partial charge in [-0.15, -0.1) is 30.3 Å². The second-order valence-corrected chi connectivity index (χ2v) is 12.9. The van der Waals surface area contributed by atoms with Crippen molar-refractivity contribution in [2.24, 2.45) is 0 Å². The fraction of sp³-hybridized carbons (Fsp3) is 0.467. The van der Waals surface area contributed by atoms with E-state index < -0.39 is 45.2 Å². The molecule has 0 radical (unpaired) electrons. The van der Waals surface area contributed by atoms with Crippen molar-refractivity contribution in [1.82, 2.24) is 19.4 Å². The number of hydrogen-bond acceptors (Lipinski definition) is 17. The molecule has 3 saturated heterocycles. The van der Waals surface area contributed by atoms with Crippen LogP contribution in [-0.2, 0) is 45.8 Å². The zero-order valence-electron chi connectivity index (χ0n) is 28.0. The fourth-order valence-corrected chi connectivity index (χ4v) is 6.88. The van der Waals surface area contributed by atoms with Crippen LogP contribution in [0.1, 0.15) is 5.56 Å². The third-order valence-electron chi connectivity index (χ3n) is 8.65. The van der Waals surface area contributed by atoms with E-state index in [4.69, 9.17) is 56.7 Å². The number of nitrogens with zero attached hydrogens (tertiary/aromatic N) is 8. The number of imidazole rings is 1. The van der Waals surface area contributed by atoms with E-state index in [1.165, 1.54) is 24.3 Å². The second-order valence-electron chi connectivity index (χ2n) is 12.0. The number of piperazine rings is 1. The van der Waals surface area contributed by atoms with Crippen molar-refractivity contribution in [3.05, 3.63) is 107 Å². The van der Waals surface area contributed by atoms with Gasteiger partial charge in [0.15, 0.2) is 0 Å². The lowest BCUT2D eigenvalue weighted by molar-refractivity contribution is -0.892. The van der Waals surface area contributed by atoms with Gasteiger partial charge in [0.1, 0.15) is 18.5 Å². The lowest BCUT2D eigenvalue weighted by Crippen LogP contribution is -2.74. The van der Waals surface area contributed by atoms with Gasteiger partial charge in [-0.3, -0.25) is 24.2 Å². The first-order valence-electron chi connectivity index (χ1n) is 16.2. The van der Waals surface area contributed by atoms with Gasteiger partial charge in [-0.05, 0) is 36.4 Å². The Kier molecular flexibility index (Phi) is 11.7. The van der Waals surface area contributed by atoms with Crippen molar-refractivity contribution in [2.75, 3.05) is 64.1 Å². The Morgan fingerprint density at radius 3 is 2.31 bits per heavy atom. The topological polar surface area (TPSA) is 239 Å². The normalized spacial score (nSPS) is 22.7. The van der Waals surface area contributed by atoms with E-state index in [0.29, 0.717) is 41.9 Å². The summed E-state index contributed by atoms with van der Waals surface area (Å²) in [4.78, 5) is 70.3. The van der Waals surface area contributed by atoms with Crippen LogP contribution in [0.4, 0.5) is 5.69 Å². The molecule has 3 aliphatic heterocycles. The molecule has 3 aliphatic rings. The molecular formula is C30H32Cl2N8O14. The molecule has 290 valence electrons. The Morgan fingerprint density at radius 2 is 1.69 bits per heavy atom. The van der Waals surface area contributed by atoms with Gasteiger partial charge in [0.05, 0.1) is 44.3 Å². The van der Waals surface area contributed by atoms with Crippen molar-refractivity contribution >= 4 is 34.8 Å². The Labute approximate surface area is 314 Å². The van der Waals surface area contributed by atoms with Crippen LogP contribution in [0.25, 0.3) is 0 Å². The predicted molar refractivity (Wildman–Crippen MR) is 180 cm³/mol. The molecule has 24 heteroatoms. The molecule has 6 rings (SSSR count). The highest BCUT2D eigenvalue weighted by molar-refractivity contribution is 6.35. The number of morpholine rings is 1. The zero-order chi connectivity index (χ0) is 38.5. The summed E-state index contributed by atoms with van der Waals surface area (Å²) in [7, 11) is 0. The summed E-state index contributed by atoms with van der Waals surface area (Å²) in [6, 6.07) is 10.5. The van der Waals surface area contributed by atoms with Gasteiger partial charge in [-0.1, -0.05) is 29.3 Å². The molecular weight excluding hydrogens is 767 g/mol. The van der Waals surface area contributed by atoms with Gasteiger partial charge in [-0.2, -0.15) is 0 Å². The van der Waals surface area contributed by atoms with Gasteiger partial charge in [0.25, 0.3) is 21.5 Å². The van der Waals surface area contributed by atoms with Crippen molar-refractivity contribution in [3.8, 4) is 5.75 Å². The highest BCUT2D eigenvalue weighted by atomic mass is 35.5. The largest absolute Gasteiger partial charge is 0.491 e. The maximum Gasteiger partial charge on any atom is 0.383 e. The van der Waals surface area contributed by atoms with Crippen LogP contribution in [0.15, 0.2) is 61.2 Å². The van der Waals surface area contributed by atoms with Crippen molar-refractivity contribution in [3.63, 3.8) is 0 Å². The zero-order valence-corrected chi connectivity index (χ0v) is 29.6. The van der Waals surface area contributed by atoms with Gasteiger partial charge < -0.3 is 33.3 Å². The van der Waals surface area contributed by atoms with Crippen LogP contribution in [0, 0.1) is 30.3 Å². The summed E-state index contributed by atoms with van der Waals surface area (Å²) in [5.41, 5.74) is 0.536. The predicted octanol–water partition coefficient (Wildman–Crippen LogP) is 2.12. The number of halogens is 2. The molecule has 0 saturated carbocycles. The van der Waals surface area contributed by atoms with Gasteiger partial charge in [-0.25, -0.2) is 4.98 Å². The SMILES string of the molecule is O=C(CN1CCOCC1)N1CCN(c2ccc(OCC3COC(Cn4ccnc4)(c4ccc(Cl)cc4Cl)O3)cc2)C(O[N+](=O)[O-])(O[N+](=O)[O-])C1O[N+](=O)[O-]. The minimum Gasteiger partial charge on any atom is -0.491 e. The maximum atomic E-state index is 13.4. The molecule has 4 heterocycles. The summed E-state index contributed by atoms with van der Waals surface area (Å²) < 4.78 is 25.6. The number of carbonyl (C=O) groups is 1. The molecule has 0 aliphatic carbocycles. The van der Waals surface area contributed by atoms with Crippen LogP contribution in [0.2, 0.25) is 10.0 Å². The first-order valence-corrected chi connectivity index (χ1v) is 16.9. The number of anilines is 1. The third kappa shape index (κ3) is 8.58. The maximum absolute atomic E-state index is 13.4. The number of rotatable bonds is 15. The number of aromatic nitrogens is 2. The van der Waals surface area contributed by atoms with E-state index in [1.807, 2.05) is 0 Å². The highest BCUT2D eigenvalue weighted by Crippen LogP contribution is 2.41. The molecule has 54 heavy (non-hydrogen) atoms. The number of benzene rings is 2. The summed E-state index contributed by atoms with van der Waals surface area (Å²) >= 11 is 12.7. The van der Waals surface area contributed by atoms with Crippen molar-refractivity contribution < 1.29 is 53.5 Å². The Bertz CT molecular complexity index is 1800. The fourth-order valence-electron chi connectivity index (χ4n) is 6.33. The molecule has 3 aromatic rings. The second kappa shape index (κ2) is 16.4. The molecule has 2 aromatic carbocycles. The smallest absolute Gasteiger partial charge is 0.383 e. The summed E-state index contributed by atoms with van der Waals surface area (Å²) in [6.07, 6.45) is 1.91. The van der Waals surface area contributed by atoms with E-state index in [2.05, 4.69) is 4.98 Å². The average molecular weight is 800 g/mol. The number of amides is 1. The number of carbonyl (C=O) groups excluding carboxylic acids is 1. The molecule has 0 spiro atoms. The van der Waals surface area contributed by atoms with E-state index in [0.717, 1.165) is 9.80 Å². The Morgan fingerprint density at radius 1 is 0.963 bits per heavy atom. The number of ether oxygens (including phenoxy) is 4. The van der Waals surface area contributed by atoms with E-state index >= 15 is 0 Å². The Hall–Kier alpha value is -5.26. The van der Waals surface area contributed by atoms with Crippen molar-refractivity contribution in [1.29, 1.82) is 0 Å². The summed E-state index contributed by atoms with van der Waals surface area (Å²) in [5.74, 6) is -5.11. The van der Waals surface area contributed by atoms with Crippen LogP contribution in [0.3, 0.4) is 0 Å². The lowest BCUT2D eigenvalue weighted by atomic mass is 10.1. The Balaban J connectivity index is 1.21. The molecule has 0 N–H and O–H groups in total. The molecule has 3 atom stereocenters. The van der Waals surface area contributed by atoms with Crippen LogP contribution in [-0.4, -0.2) is 118 Å². The molecule has 1 aromatic heterocycles. The summed E-state index contributed by atoms with van der Waals surface area (Å²) in [6.45, 7) is 0.629. The minimum absolute atomic E-state index is 0.000422. The van der Waals surface area contributed by atoms with Crippen LogP contribution >= 0.6 is 23.2 Å². The van der Waals surface area contributed by atoms with E-state index in [1.54, 1.807) is 46.4 Å². The first-order chi connectivity index (χ1) is 25.9. The standard InChI is InChI=1S/C30H32Cl2N8O14/c31-21-1-6-25(26(32)15-21)29(19-35-8-7-33-20-35)50-18-24(51-29)17-49-23-4-2-22(3-5-23)37-10-9-36(27(41)16-34-11-13-48-14-12-34)28(52-38(42)43)30(37,53-39(44)45)54-40(46)47/h1-8,15,20,24,28H,9-14,16-19H2. The van der Waals surface area contributed by atoms with Crippen LogP contribution < -0.4 is 9.64 Å². The monoisotopic (exact) mass is 798 g/mol. The molecule has 3 unspecified atom stereocenters. The molecule has 0 bridgehead atoms. The average Bonchev–Trinajstić information content (AvgIpc) is 3.78. The molecule has 22 nitrogen and oxygen atoms in total. The van der Waals surface area contributed by atoms with Crippen LogP contribution in [0.5, 0.6) is 5.75 Å². The van der Waals surface area contributed by atoms with Gasteiger partial charge >= 0.3 is 5.91 Å². The van der Waals surface area contributed by atoms with E-state index in [9.17, 15) is 35.1 Å². The van der Waals surface area contributed by atoms with E-state index in [-0.39, 0.29) is 50.8 Å². The van der Waals surface area contributed by atoms with Gasteiger partial charge in [0, 0.05) is 54.8 Å².